The van der Waals surface area contributed by atoms with Gasteiger partial charge in [-0.05, 0) is 80.2 Å². The molecule has 15 heteroatoms. The van der Waals surface area contributed by atoms with Crippen molar-refractivity contribution in [3.8, 4) is 0 Å². The third kappa shape index (κ3) is 6.88. The van der Waals surface area contributed by atoms with Crippen LogP contribution < -0.4 is 0 Å². The van der Waals surface area contributed by atoms with E-state index in [1.54, 1.807) is 6.92 Å². The maximum absolute atomic E-state index is 14.7. The summed E-state index contributed by atoms with van der Waals surface area (Å²) >= 11 is 0. The van der Waals surface area contributed by atoms with Crippen LogP contribution in [0.4, 0.5) is 30.7 Å². The van der Waals surface area contributed by atoms with E-state index in [1.165, 1.54) is 4.90 Å². The Kier molecular flexibility index (Phi) is 10.5. The number of carbonyl (C=O) groups excluding carboxylic acids is 1. The number of hydrogen-bond acceptors (Lipinski definition) is 5. The third-order valence-corrected chi connectivity index (χ3v) is 13.4. The Bertz CT molecular complexity index is 1630. The van der Waals surface area contributed by atoms with Gasteiger partial charge < -0.3 is 14.7 Å². The molecule has 50 heavy (non-hydrogen) atoms. The fourth-order valence-electron chi connectivity index (χ4n) is 7.84. The van der Waals surface area contributed by atoms with E-state index in [0.29, 0.717) is 37.8 Å². The molecule has 7 nitrogen and oxygen atoms in total. The second-order valence-corrected chi connectivity index (χ2v) is 16.5. The van der Waals surface area contributed by atoms with E-state index < -0.39 is 86.2 Å². The zero-order valence-electron chi connectivity index (χ0n) is 27.5. The van der Waals surface area contributed by atoms with Crippen molar-refractivity contribution < 1.29 is 58.6 Å². The Morgan fingerprint density at radius 2 is 1.38 bits per heavy atom. The lowest BCUT2D eigenvalue weighted by Crippen LogP contribution is -2.57. The molecule has 1 saturated heterocycles. The summed E-state index contributed by atoms with van der Waals surface area (Å²) < 4.78 is 134. The molecule has 0 radical (unpaired) electrons. The summed E-state index contributed by atoms with van der Waals surface area (Å²) in [6, 6.07) is 6.81. The number of hydrogen-bond donors (Lipinski definition) is 1. The topological polar surface area (TPSA) is 101 Å². The second-order valence-electron chi connectivity index (χ2n) is 14.3. The van der Waals surface area contributed by atoms with E-state index in [9.17, 15) is 53.8 Å². The van der Waals surface area contributed by atoms with Gasteiger partial charge in [0.1, 0.15) is 10.6 Å². The minimum atomic E-state index is -5.94. The molecule has 1 amide bonds. The van der Waals surface area contributed by atoms with E-state index in [4.69, 9.17) is 4.74 Å². The predicted octanol–water partition coefficient (Wildman–Crippen LogP) is 7.93. The van der Waals surface area contributed by atoms with Crippen molar-refractivity contribution >= 4 is 21.7 Å². The van der Waals surface area contributed by atoms with Crippen LogP contribution in [0.3, 0.4) is 0 Å². The van der Waals surface area contributed by atoms with Gasteiger partial charge in [0.25, 0.3) is 5.60 Å². The van der Waals surface area contributed by atoms with Crippen LogP contribution in [0, 0.1) is 23.1 Å². The lowest BCUT2D eigenvalue weighted by Gasteiger charge is -2.41. The van der Waals surface area contributed by atoms with Crippen molar-refractivity contribution in [2.24, 2.45) is 17.3 Å². The summed E-state index contributed by atoms with van der Waals surface area (Å²) in [6.45, 7) is 0.225. The van der Waals surface area contributed by atoms with Crippen LogP contribution >= 0.6 is 0 Å². The van der Waals surface area contributed by atoms with Crippen molar-refractivity contribution in [2.75, 3.05) is 19.7 Å². The first-order valence-corrected chi connectivity index (χ1v) is 18.1. The number of aliphatic carboxylic acids is 1. The molecule has 2 aliphatic carbocycles. The van der Waals surface area contributed by atoms with Gasteiger partial charge in [0, 0.05) is 24.6 Å². The molecule has 3 fully saturated rings. The van der Waals surface area contributed by atoms with Crippen LogP contribution in [0.2, 0.25) is 0 Å². The maximum atomic E-state index is 14.7. The van der Waals surface area contributed by atoms with Crippen LogP contribution in [0.5, 0.6) is 0 Å². The van der Waals surface area contributed by atoms with Gasteiger partial charge in [-0.15, -0.1) is 0 Å². The standard InChI is InChI=1S/C35H40F7NO6S/c1-31(17-3-2-4-18-31)22-49-33(34(37,38)39,35(40,41)42)26-11-9-25(10-12-26)32(50(47,48)28-15-13-27(36)14-16-28)19-20-43(21-32)29(44)23-5-7-24(8-6-23)30(45)46/h9-16,23-24H,2-8,17-22H2,1H3,(H,45,46)/t23-,24-,32-/m0/s1. The number of benzene rings is 2. The van der Waals surface area contributed by atoms with Gasteiger partial charge >= 0.3 is 18.3 Å². The average Bonchev–Trinajstić information content (AvgIpc) is 3.52. The van der Waals surface area contributed by atoms with E-state index in [2.05, 4.69) is 0 Å². The Balaban J connectivity index is 1.54. The summed E-state index contributed by atoms with van der Waals surface area (Å²) in [5.74, 6) is -3.32. The number of carboxylic acid groups (broad SMARTS) is 1. The number of carbonyl (C=O) groups is 2. The first-order chi connectivity index (χ1) is 23.3. The second kappa shape index (κ2) is 13.7. The first-order valence-electron chi connectivity index (χ1n) is 16.7. The van der Waals surface area contributed by atoms with E-state index >= 15 is 0 Å². The zero-order chi connectivity index (χ0) is 36.8. The Labute approximate surface area is 286 Å². The zero-order valence-corrected chi connectivity index (χ0v) is 28.3. The molecule has 2 saturated carbocycles. The van der Waals surface area contributed by atoms with Crippen LogP contribution in [0.1, 0.15) is 82.3 Å². The Hall–Kier alpha value is -3.20. The molecular formula is C35H40F7NO6S. The smallest absolute Gasteiger partial charge is 0.430 e. The summed E-state index contributed by atoms with van der Waals surface area (Å²) in [4.78, 5) is 26.0. The van der Waals surface area contributed by atoms with E-state index in [0.717, 1.165) is 42.8 Å². The van der Waals surface area contributed by atoms with Crippen molar-refractivity contribution in [3.05, 3.63) is 65.5 Å². The number of halogens is 7. The van der Waals surface area contributed by atoms with E-state index in [1.807, 2.05) is 0 Å². The summed E-state index contributed by atoms with van der Waals surface area (Å²) in [6.07, 6.45) is -8.20. The van der Waals surface area contributed by atoms with E-state index in [-0.39, 0.29) is 49.1 Å². The fourth-order valence-corrected chi connectivity index (χ4v) is 9.92. The van der Waals surface area contributed by atoms with Gasteiger partial charge in [-0.3, -0.25) is 9.59 Å². The van der Waals surface area contributed by atoms with Crippen LogP contribution in [0.15, 0.2) is 53.4 Å². The van der Waals surface area contributed by atoms with Gasteiger partial charge in [0.15, 0.2) is 9.84 Å². The Morgan fingerprint density at radius 1 is 0.840 bits per heavy atom. The van der Waals surface area contributed by atoms with Gasteiger partial charge in [-0.1, -0.05) is 50.5 Å². The average molecular weight is 736 g/mol. The lowest BCUT2D eigenvalue weighted by atomic mass is 9.76. The molecule has 0 bridgehead atoms. The predicted molar refractivity (Wildman–Crippen MR) is 167 cm³/mol. The lowest BCUT2D eigenvalue weighted by molar-refractivity contribution is -0.393. The third-order valence-electron chi connectivity index (χ3n) is 10.9. The van der Waals surface area contributed by atoms with Crippen molar-refractivity contribution in [3.63, 3.8) is 0 Å². The molecule has 3 aliphatic rings. The van der Waals surface area contributed by atoms with Crippen molar-refractivity contribution in [1.29, 1.82) is 0 Å². The summed E-state index contributed by atoms with van der Waals surface area (Å²) in [7, 11) is -4.54. The number of amides is 1. The van der Waals surface area contributed by atoms with Gasteiger partial charge in [-0.25, -0.2) is 12.8 Å². The highest BCUT2D eigenvalue weighted by Crippen LogP contribution is 2.55. The molecule has 2 aromatic carbocycles. The number of nitrogens with zero attached hydrogens (tertiary/aromatic N) is 1. The molecular weight excluding hydrogens is 695 g/mol. The number of rotatable bonds is 9. The molecule has 0 aromatic heterocycles. The first kappa shape index (κ1) is 38.0. The molecule has 1 aliphatic heterocycles. The molecule has 2 aromatic rings. The van der Waals surface area contributed by atoms with Gasteiger partial charge in [0.2, 0.25) is 5.91 Å². The SMILES string of the molecule is CC1(COC(c2ccc([C@]3(S(=O)(=O)c4ccc(F)cc4)CCN(C(=O)[C@H]4CC[C@H](C(=O)O)CC4)C3)cc2)(C(F)(F)F)C(F)(F)F)CCCCC1. The summed E-state index contributed by atoms with van der Waals surface area (Å²) in [5.41, 5.74) is -7.02. The number of alkyl halides is 6. The van der Waals surface area contributed by atoms with Gasteiger partial charge in [0.05, 0.1) is 17.4 Å². The number of sulfone groups is 1. The molecule has 1 N–H and O–H groups in total. The quantitative estimate of drug-likeness (QED) is 0.208. The molecule has 1 heterocycles. The maximum Gasteiger partial charge on any atom is 0.430 e. The fraction of sp³-hybridized carbons (Fsp3) is 0.600. The molecule has 5 rings (SSSR count). The summed E-state index contributed by atoms with van der Waals surface area (Å²) in [5, 5.41) is 9.33. The normalized spacial score (nSPS) is 25.0. The van der Waals surface area contributed by atoms with Crippen LogP contribution in [0.25, 0.3) is 0 Å². The number of ether oxygens (including phenoxy) is 1. The molecule has 276 valence electrons. The van der Waals surface area contributed by atoms with Crippen molar-refractivity contribution in [1.82, 2.24) is 4.90 Å². The molecule has 0 spiro atoms. The molecule has 0 unspecified atom stereocenters. The number of likely N-dealkylation sites (tertiary alicyclic amines) is 1. The highest BCUT2D eigenvalue weighted by atomic mass is 32.2. The van der Waals surface area contributed by atoms with Crippen LogP contribution in [-0.2, 0) is 34.5 Å². The molecule has 1 atom stereocenters. The minimum absolute atomic E-state index is 0.101. The highest BCUT2D eigenvalue weighted by Gasteiger charge is 2.73. The Morgan fingerprint density at radius 3 is 1.90 bits per heavy atom. The number of carboxylic acids is 1. The monoisotopic (exact) mass is 735 g/mol. The largest absolute Gasteiger partial charge is 0.481 e. The van der Waals surface area contributed by atoms with Crippen molar-refractivity contribution in [2.45, 2.75) is 98.7 Å². The highest BCUT2D eigenvalue weighted by molar-refractivity contribution is 7.92. The minimum Gasteiger partial charge on any atom is -0.481 e. The van der Waals surface area contributed by atoms with Crippen LogP contribution in [-0.4, -0.2) is 62.3 Å². The van der Waals surface area contributed by atoms with Gasteiger partial charge in [-0.2, -0.15) is 26.3 Å².